The molecule has 3 N–H and O–H groups in total. The van der Waals surface area contributed by atoms with Gasteiger partial charge in [-0.05, 0) is 19.9 Å². The second kappa shape index (κ2) is 5.63. The van der Waals surface area contributed by atoms with Gasteiger partial charge in [0.2, 0.25) is 5.95 Å². The zero-order valence-corrected chi connectivity index (χ0v) is 9.22. The predicted molar refractivity (Wildman–Crippen MR) is 59.6 cm³/mol. The van der Waals surface area contributed by atoms with Crippen molar-refractivity contribution in [2.45, 2.75) is 20.0 Å². The normalized spacial score (nSPS) is 12.5. The van der Waals surface area contributed by atoms with E-state index in [9.17, 15) is 5.11 Å². The van der Waals surface area contributed by atoms with Crippen molar-refractivity contribution in [3.05, 3.63) is 18.0 Å². The van der Waals surface area contributed by atoms with Gasteiger partial charge in [0, 0.05) is 25.8 Å². The first-order valence-electron chi connectivity index (χ1n) is 5.18. The number of aliphatic hydroxyl groups is 1. The van der Waals surface area contributed by atoms with Gasteiger partial charge in [0.1, 0.15) is 6.10 Å². The molecule has 1 aromatic rings. The van der Waals surface area contributed by atoms with E-state index < -0.39 is 6.10 Å². The Kier molecular flexibility index (Phi) is 4.45. The van der Waals surface area contributed by atoms with Gasteiger partial charge in [-0.1, -0.05) is 0 Å². The third-order valence-electron chi connectivity index (χ3n) is 2.28. The molecule has 0 radical (unpaired) electrons. The van der Waals surface area contributed by atoms with E-state index >= 15 is 0 Å². The van der Waals surface area contributed by atoms with E-state index in [1.54, 1.807) is 12.3 Å². The number of hydrogen-bond donors (Lipinski definition) is 2. The lowest BCUT2D eigenvalue weighted by molar-refractivity contribution is 0.182. The molecule has 0 aromatic carbocycles. The fourth-order valence-corrected chi connectivity index (χ4v) is 1.33. The SMILES string of the molecule is CCN(CC)c1nccc(C(O)CN)n1. The van der Waals surface area contributed by atoms with E-state index in [4.69, 9.17) is 5.73 Å². The number of nitrogens with zero attached hydrogens (tertiary/aromatic N) is 3. The first kappa shape index (κ1) is 11.9. The Morgan fingerprint density at radius 2 is 2.13 bits per heavy atom. The Labute approximate surface area is 90.0 Å². The molecule has 1 atom stereocenters. The van der Waals surface area contributed by atoms with Crippen LogP contribution in [0, 0.1) is 0 Å². The molecular weight excluding hydrogens is 192 g/mol. The third kappa shape index (κ3) is 2.87. The maximum Gasteiger partial charge on any atom is 0.225 e. The molecule has 0 spiro atoms. The maximum absolute atomic E-state index is 9.55. The van der Waals surface area contributed by atoms with E-state index in [1.165, 1.54) is 0 Å². The molecule has 0 fully saturated rings. The summed E-state index contributed by atoms with van der Waals surface area (Å²) in [7, 11) is 0. The minimum atomic E-state index is -0.706. The second-order valence-corrected chi connectivity index (χ2v) is 3.21. The molecule has 0 bridgehead atoms. The molecule has 0 saturated heterocycles. The molecule has 84 valence electrons. The fourth-order valence-electron chi connectivity index (χ4n) is 1.33. The number of aromatic nitrogens is 2. The first-order valence-corrected chi connectivity index (χ1v) is 5.18. The average molecular weight is 210 g/mol. The highest BCUT2D eigenvalue weighted by molar-refractivity contribution is 5.30. The van der Waals surface area contributed by atoms with E-state index in [0.717, 1.165) is 13.1 Å². The lowest BCUT2D eigenvalue weighted by Crippen LogP contribution is -2.25. The quantitative estimate of drug-likeness (QED) is 0.731. The zero-order valence-electron chi connectivity index (χ0n) is 9.22. The molecule has 0 saturated carbocycles. The van der Waals surface area contributed by atoms with Gasteiger partial charge in [0.25, 0.3) is 0 Å². The van der Waals surface area contributed by atoms with Crippen LogP contribution in [0.5, 0.6) is 0 Å². The van der Waals surface area contributed by atoms with Crippen molar-refractivity contribution in [1.29, 1.82) is 0 Å². The summed E-state index contributed by atoms with van der Waals surface area (Å²) < 4.78 is 0. The molecule has 0 amide bonds. The van der Waals surface area contributed by atoms with Crippen molar-refractivity contribution >= 4 is 5.95 Å². The number of aliphatic hydroxyl groups excluding tert-OH is 1. The molecule has 1 rings (SSSR count). The van der Waals surface area contributed by atoms with Gasteiger partial charge in [0.15, 0.2) is 0 Å². The molecule has 1 unspecified atom stereocenters. The standard InChI is InChI=1S/C10H18N4O/c1-3-14(4-2)10-12-6-5-8(13-10)9(15)7-11/h5-6,9,15H,3-4,7,11H2,1-2H3. The summed E-state index contributed by atoms with van der Waals surface area (Å²) in [6.07, 6.45) is 0.941. The summed E-state index contributed by atoms with van der Waals surface area (Å²) in [6, 6.07) is 1.69. The highest BCUT2D eigenvalue weighted by Gasteiger charge is 2.10. The number of anilines is 1. The molecule has 15 heavy (non-hydrogen) atoms. The Bertz CT molecular complexity index is 301. The van der Waals surface area contributed by atoms with Crippen LogP contribution in [0.25, 0.3) is 0 Å². The van der Waals surface area contributed by atoms with Gasteiger partial charge in [-0.25, -0.2) is 9.97 Å². The van der Waals surface area contributed by atoms with Gasteiger partial charge in [0.05, 0.1) is 5.69 Å². The van der Waals surface area contributed by atoms with Crippen molar-refractivity contribution in [3.8, 4) is 0 Å². The second-order valence-electron chi connectivity index (χ2n) is 3.21. The van der Waals surface area contributed by atoms with E-state index in [-0.39, 0.29) is 6.54 Å². The highest BCUT2D eigenvalue weighted by Crippen LogP contribution is 2.12. The van der Waals surface area contributed by atoms with Crippen LogP contribution in [0.2, 0.25) is 0 Å². The molecular formula is C10H18N4O. The summed E-state index contributed by atoms with van der Waals surface area (Å²) in [5.74, 6) is 0.644. The molecule has 1 aromatic heterocycles. The summed E-state index contributed by atoms with van der Waals surface area (Å²) in [4.78, 5) is 10.5. The van der Waals surface area contributed by atoms with Crippen LogP contribution < -0.4 is 10.6 Å². The molecule has 0 aliphatic rings. The summed E-state index contributed by atoms with van der Waals surface area (Å²) >= 11 is 0. The van der Waals surface area contributed by atoms with Crippen LogP contribution in [0.4, 0.5) is 5.95 Å². The van der Waals surface area contributed by atoms with Crippen LogP contribution >= 0.6 is 0 Å². The average Bonchev–Trinajstić information content (AvgIpc) is 2.30. The van der Waals surface area contributed by atoms with E-state index in [0.29, 0.717) is 11.6 Å². The Balaban J connectivity index is 2.91. The molecule has 5 nitrogen and oxygen atoms in total. The predicted octanol–water partition coefficient (Wildman–Crippen LogP) is 0.315. The fraction of sp³-hybridized carbons (Fsp3) is 0.600. The summed E-state index contributed by atoms with van der Waals surface area (Å²) in [5, 5.41) is 9.55. The number of hydrogen-bond acceptors (Lipinski definition) is 5. The number of rotatable bonds is 5. The van der Waals surface area contributed by atoms with Gasteiger partial charge in [-0.3, -0.25) is 0 Å². The smallest absolute Gasteiger partial charge is 0.225 e. The Morgan fingerprint density at radius 1 is 1.47 bits per heavy atom. The molecule has 0 aliphatic heterocycles. The van der Waals surface area contributed by atoms with Crippen LogP contribution in [0.1, 0.15) is 25.6 Å². The summed E-state index contributed by atoms with van der Waals surface area (Å²) in [6.45, 7) is 5.95. The summed E-state index contributed by atoms with van der Waals surface area (Å²) in [5.41, 5.74) is 5.95. The van der Waals surface area contributed by atoms with Crippen LogP contribution in [0.15, 0.2) is 12.3 Å². The van der Waals surface area contributed by atoms with Gasteiger partial charge in [-0.15, -0.1) is 0 Å². The lowest BCUT2D eigenvalue weighted by Gasteiger charge is -2.19. The van der Waals surface area contributed by atoms with Crippen molar-refractivity contribution in [2.75, 3.05) is 24.5 Å². The Hall–Kier alpha value is -1.20. The molecule has 5 heteroatoms. The lowest BCUT2D eigenvalue weighted by atomic mass is 10.2. The van der Waals surface area contributed by atoms with Crippen LogP contribution in [-0.2, 0) is 0 Å². The van der Waals surface area contributed by atoms with Crippen molar-refractivity contribution in [3.63, 3.8) is 0 Å². The minimum Gasteiger partial charge on any atom is -0.385 e. The topological polar surface area (TPSA) is 75.3 Å². The first-order chi connectivity index (χ1) is 7.22. The van der Waals surface area contributed by atoms with Crippen molar-refractivity contribution in [1.82, 2.24) is 9.97 Å². The third-order valence-corrected chi connectivity index (χ3v) is 2.28. The van der Waals surface area contributed by atoms with Crippen LogP contribution in [-0.4, -0.2) is 34.7 Å². The number of nitrogens with two attached hydrogens (primary N) is 1. The van der Waals surface area contributed by atoms with E-state index in [1.807, 2.05) is 18.7 Å². The monoisotopic (exact) mass is 210 g/mol. The van der Waals surface area contributed by atoms with Gasteiger partial charge >= 0.3 is 0 Å². The molecule has 0 aliphatic carbocycles. The van der Waals surface area contributed by atoms with Crippen molar-refractivity contribution in [2.24, 2.45) is 5.73 Å². The van der Waals surface area contributed by atoms with Crippen molar-refractivity contribution < 1.29 is 5.11 Å². The highest BCUT2D eigenvalue weighted by atomic mass is 16.3. The minimum absolute atomic E-state index is 0.175. The van der Waals surface area contributed by atoms with E-state index in [2.05, 4.69) is 9.97 Å². The largest absolute Gasteiger partial charge is 0.385 e. The Morgan fingerprint density at radius 3 is 2.67 bits per heavy atom. The molecule has 1 heterocycles. The van der Waals surface area contributed by atoms with Gasteiger partial charge in [-0.2, -0.15) is 0 Å². The van der Waals surface area contributed by atoms with Gasteiger partial charge < -0.3 is 15.7 Å². The van der Waals surface area contributed by atoms with Crippen LogP contribution in [0.3, 0.4) is 0 Å². The zero-order chi connectivity index (χ0) is 11.3. The maximum atomic E-state index is 9.55.